The van der Waals surface area contributed by atoms with Crippen LogP contribution in [0.2, 0.25) is 0 Å². The predicted octanol–water partition coefficient (Wildman–Crippen LogP) is 2.97. The number of nitrogens with zero attached hydrogens (tertiary/aromatic N) is 5. The van der Waals surface area contributed by atoms with Crippen LogP contribution in [0.3, 0.4) is 0 Å². The highest BCUT2D eigenvalue weighted by molar-refractivity contribution is 5.76. The number of aromatic nitrogens is 4. The van der Waals surface area contributed by atoms with E-state index in [1.807, 2.05) is 11.5 Å². The molecule has 2 aromatic heterocycles. The van der Waals surface area contributed by atoms with Crippen LogP contribution in [0, 0.1) is 29.8 Å². The molecule has 7 nitrogen and oxygen atoms in total. The van der Waals surface area contributed by atoms with Crippen molar-refractivity contribution < 1.29 is 9.31 Å². The van der Waals surface area contributed by atoms with E-state index >= 15 is 0 Å². The average Bonchev–Trinajstić information content (AvgIpc) is 2.95. The van der Waals surface area contributed by atoms with Gasteiger partial charge in [-0.1, -0.05) is 0 Å². The number of benzene rings is 1. The molecule has 0 fully saturated rings. The first-order chi connectivity index (χ1) is 10.9. The minimum Gasteiger partial charge on any atom is -0.327 e. The number of hydrogen-bond donors (Lipinski definition) is 0. The molecule has 3 rings (SSSR count). The molecule has 0 saturated heterocycles. The molecule has 0 aliphatic rings. The van der Waals surface area contributed by atoms with Gasteiger partial charge in [0.1, 0.15) is 23.0 Å². The van der Waals surface area contributed by atoms with Gasteiger partial charge in [0, 0.05) is 12.6 Å². The largest absolute Gasteiger partial charge is 0.327 e. The monoisotopic (exact) mass is 317 g/mol. The number of nitro groups is 1. The Hall–Kier alpha value is -2.77. The molecule has 0 radical (unpaired) electrons. The number of aryl methyl sites for hydroxylation is 2. The Balaban J connectivity index is 2.08. The zero-order valence-corrected chi connectivity index (χ0v) is 13.1. The number of fused-ring (bicyclic) bond motifs is 1. The van der Waals surface area contributed by atoms with Crippen LogP contribution in [-0.2, 0) is 13.1 Å². The molecule has 8 heteroatoms. The molecule has 23 heavy (non-hydrogen) atoms. The molecule has 120 valence electrons. The lowest BCUT2D eigenvalue weighted by molar-refractivity contribution is -0.386. The van der Waals surface area contributed by atoms with E-state index in [4.69, 9.17) is 0 Å². The lowest BCUT2D eigenvalue weighted by atomic mass is 10.3. The summed E-state index contributed by atoms with van der Waals surface area (Å²) < 4.78 is 16.9. The summed E-state index contributed by atoms with van der Waals surface area (Å²) in [6, 6.07) is 4.47. The quantitative estimate of drug-likeness (QED) is 0.547. The van der Waals surface area contributed by atoms with Crippen molar-refractivity contribution >= 4 is 16.7 Å². The minimum absolute atomic E-state index is 0.0233. The molecular weight excluding hydrogens is 301 g/mol. The van der Waals surface area contributed by atoms with Crippen LogP contribution in [0.4, 0.5) is 10.1 Å². The lowest BCUT2D eigenvalue weighted by Crippen LogP contribution is -2.10. The molecule has 0 saturated carbocycles. The second kappa shape index (κ2) is 5.45. The van der Waals surface area contributed by atoms with Crippen molar-refractivity contribution in [3.05, 3.63) is 51.3 Å². The van der Waals surface area contributed by atoms with E-state index in [0.717, 1.165) is 5.52 Å². The van der Waals surface area contributed by atoms with Crippen LogP contribution in [0.1, 0.15) is 24.1 Å². The van der Waals surface area contributed by atoms with E-state index in [9.17, 15) is 14.5 Å². The lowest BCUT2D eigenvalue weighted by Gasteiger charge is -2.07. The van der Waals surface area contributed by atoms with E-state index in [1.54, 1.807) is 24.6 Å². The summed E-state index contributed by atoms with van der Waals surface area (Å²) >= 11 is 0. The number of rotatable bonds is 4. The summed E-state index contributed by atoms with van der Waals surface area (Å²) in [7, 11) is 0. The molecule has 0 amide bonds. The van der Waals surface area contributed by atoms with E-state index < -0.39 is 4.92 Å². The van der Waals surface area contributed by atoms with Crippen LogP contribution < -0.4 is 0 Å². The third kappa shape index (κ3) is 2.45. The third-order valence-electron chi connectivity index (χ3n) is 3.92. The van der Waals surface area contributed by atoms with Gasteiger partial charge in [-0.25, -0.2) is 9.37 Å². The van der Waals surface area contributed by atoms with Crippen LogP contribution in [0.25, 0.3) is 11.0 Å². The summed E-state index contributed by atoms with van der Waals surface area (Å²) in [6.07, 6.45) is 0. The van der Waals surface area contributed by atoms with Crippen molar-refractivity contribution in [2.45, 2.75) is 33.9 Å². The third-order valence-corrected chi connectivity index (χ3v) is 3.92. The summed E-state index contributed by atoms with van der Waals surface area (Å²) in [4.78, 5) is 15.1. The van der Waals surface area contributed by atoms with Crippen LogP contribution in [0.15, 0.2) is 18.2 Å². The Labute approximate surface area is 131 Å². The first kappa shape index (κ1) is 15.1. The van der Waals surface area contributed by atoms with Gasteiger partial charge >= 0.3 is 5.69 Å². The molecule has 2 heterocycles. The first-order valence-electron chi connectivity index (χ1n) is 7.25. The van der Waals surface area contributed by atoms with Crippen molar-refractivity contribution in [3.63, 3.8) is 0 Å². The van der Waals surface area contributed by atoms with Gasteiger partial charge in [0.05, 0.1) is 22.5 Å². The standard InChI is InChI=1S/C15H16FN5O2/c1-4-19-13-6-5-11(16)7-12(13)17-14(19)8-20-10(3)15(21(22)23)9(2)18-20/h5-7H,4,8H2,1-3H3. The van der Waals surface area contributed by atoms with E-state index in [0.29, 0.717) is 35.8 Å². The van der Waals surface area contributed by atoms with Crippen molar-refractivity contribution in [2.75, 3.05) is 0 Å². The predicted molar refractivity (Wildman–Crippen MR) is 82.8 cm³/mol. The Kier molecular flexibility index (Phi) is 3.59. The fourth-order valence-corrected chi connectivity index (χ4v) is 2.87. The molecule has 0 N–H and O–H groups in total. The molecule has 3 aromatic rings. The maximum absolute atomic E-state index is 13.4. The molecule has 1 aromatic carbocycles. The van der Waals surface area contributed by atoms with Gasteiger partial charge in [-0.2, -0.15) is 5.10 Å². The highest BCUT2D eigenvalue weighted by Crippen LogP contribution is 2.24. The van der Waals surface area contributed by atoms with Crippen LogP contribution >= 0.6 is 0 Å². The summed E-state index contributed by atoms with van der Waals surface area (Å²) in [5.41, 5.74) is 2.28. The van der Waals surface area contributed by atoms with Crippen LogP contribution in [-0.4, -0.2) is 24.3 Å². The van der Waals surface area contributed by atoms with E-state index in [1.165, 1.54) is 12.1 Å². The normalized spacial score (nSPS) is 11.3. The Bertz CT molecular complexity index is 912. The van der Waals surface area contributed by atoms with Gasteiger partial charge in [0.15, 0.2) is 0 Å². The minimum atomic E-state index is -0.424. The van der Waals surface area contributed by atoms with Gasteiger partial charge < -0.3 is 4.57 Å². The summed E-state index contributed by atoms with van der Waals surface area (Å²) in [6.45, 7) is 6.21. The molecular formula is C15H16FN5O2. The summed E-state index contributed by atoms with van der Waals surface area (Å²) in [5, 5.41) is 15.3. The van der Waals surface area contributed by atoms with Crippen molar-refractivity contribution in [2.24, 2.45) is 0 Å². The fraction of sp³-hybridized carbons (Fsp3) is 0.333. The molecule has 0 aliphatic carbocycles. The number of hydrogen-bond acceptors (Lipinski definition) is 4. The van der Waals surface area contributed by atoms with Crippen molar-refractivity contribution in [3.8, 4) is 0 Å². The number of imidazole rings is 1. The maximum Gasteiger partial charge on any atom is 0.312 e. The fourth-order valence-electron chi connectivity index (χ4n) is 2.87. The van der Waals surface area contributed by atoms with Gasteiger partial charge in [0.2, 0.25) is 0 Å². The topological polar surface area (TPSA) is 78.8 Å². The van der Waals surface area contributed by atoms with Crippen molar-refractivity contribution in [1.29, 1.82) is 0 Å². The first-order valence-corrected chi connectivity index (χ1v) is 7.25. The molecule has 0 atom stereocenters. The molecule has 0 bridgehead atoms. The second-order valence-corrected chi connectivity index (χ2v) is 5.34. The smallest absolute Gasteiger partial charge is 0.312 e. The van der Waals surface area contributed by atoms with Gasteiger partial charge in [-0.15, -0.1) is 0 Å². The molecule has 0 unspecified atom stereocenters. The van der Waals surface area contributed by atoms with Crippen LogP contribution in [0.5, 0.6) is 0 Å². The van der Waals surface area contributed by atoms with Crippen molar-refractivity contribution in [1.82, 2.24) is 19.3 Å². The van der Waals surface area contributed by atoms with E-state index in [2.05, 4.69) is 10.1 Å². The SMILES string of the molecule is CCn1c(Cn2nc(C)c([N+](=O)[O-])c2C)nc2cc(F)ccc21. The highest BCUT2D eigenvalue weighted by Gasteiger charge is 2.23. The second-order valence-electron chi connectivity index (χ2n) is 5.34. The Morgan fingerprint density at radius 1 is 1.35 bits per heavy atom. The van der Waals surface area contributed by atoms with Gasteiger partial charge in [-0.05, 0) is 32.9 Å². The molecule has 0 spiro atoms. The zero-order chi connectivity index (χ0) is 16.7. The van der Waals surface area contributed by atoms with E-state index in [-0.39, 0.29) is 11.5 Å². The Morgan fingerprint density at radius 3 is 2.70 bits per heavy atom. The zero-order valence-electron chi connectivity index (χ0n) is 13.1. The Morgan fingerprint density at radius 2 is 2.09 bits per heavy atom. The average molecular weight is 317 g/mol. The van der Waals surface area contributed by atoms with Gasteiger partial charge in [-0.3, -0.25) is 14.8 Å². The number of halogens is 1. The van der Waals surface area contributed by atoms with Gasteiger partial charge in [0.25, 0.3) is 0 Å². The highest BCUT2D eigenvalue weighted by atomic mass is 19.1. The maximum atomic E-state index is 13.4. The molecule has 0 aliphatic heterocycles. The summed E-state index contributed by atoms with van der Waals surface area (Å²) in [5.74, 6) is 0.347.